The van der Waals surface area contributed by atoms with Gasteiger partial charge in [-0.05, 0) is 18.6 Å². The van der Waals surface area contributed by atoms with E-state index in [-0.39, 0.29) is 24.0 Å². The number of carbonyl (C=O) groups excluding carboxylic acids is 1. The molecule has 18 heavy (non-hydrogen) atoms. The lowest BCUT2D eigenvalue weighted by Gasteiger charge is -2.20. The molecule has 0 aromatic carbocycles. The molecule has 0 aliphatic carbocycles. The molecule has 1 rings (SSSR count). The number of carbonyl (C=O) groups is 1. The summed E-state index contributed by atoms with van der Waals surface area (Å²) in [5, 5.41) is 11.3. The first-order chi connectivity index (χ1) is 8.58. The van der Waals surface area contributed by atoms with Crippen LogP contribution in [-0.2, 0) is 0 Å². The highest BCUT2D eigenvalue weighted by molar-refractivity contribution is 5.95. The van der Waals surface area contributed by atoms with Crippen LogP contribution in [-0.4, -0.2) is 39.9 Å². The van der Waals surface area contributed by atoms with Crippen LogP contribution >= 0.6 is 0 Å². The van der Waals surface area contributed by atoms with Gasteiger partial charge in [0.1, 0.15) is 11.5 Å². The molecule has 1 aromatic heterocycles. The average molecular weight is 254 g/mol. The molecule has 0 spiro atoms. The van der Waals surface area contributed by atoms with Gasteiger partial charge in [-0.3, -0.25) is 4.79 Å². The molecule has 98 valence electrons. The normalized spacial score (nSPS) is 11.3. The van der Waals surface area contributed by atoms with Crippen LogP contribution in [0.4, 0.5) is 4.39 Å². The van der Waals surface area contributed by atoms with Crippen molar-refractivity contribution in [2.24, 2.45) is 10.9 Å². The maximum atomic E-state index is 12.7. The Hall–Kier alpha value is -2.18. The van der Waals surface area contributed by atoms with E-state index >= 15 is 0 Å². The van der Waals surface area contributed by atoms with E-state index in [0.717, 1.165) is 12.3 Å². The van der Waals surface area contributed by atoms with Crippen LogP contribution in [0.2, 0.25) is 0 Å². The van der Waals surface area contributed by atoms with Gasteiger partial charge >= 0.3 is 0 Å². The van der Waals surface area contributed by atoms with Gasteiger partial charge in [-0.25, -0.2) is 9.37 Å². The topological polar surface area (TPSA) is 91.8 Å². The van der Waals surface area contributed by atoms with Gasteiger partial charge in [0.05, 0.1) is 12.7 Å². The van der Waals surface area contributed by atoms with Crippen LogP contribution in [0.1, 0.15) is 23.8 Å². The fourth-order valence-electron chi connectivity index (χ4n) is 1.41. The molecule has 0 aliphatic rings. The van der Waals surface area contributed by atoms with Crippen molar-refractivity contribution in [3.8, 4) is 0 Å². The summed E-state index contributed by atoms with van der Waals surface area (Å²) in [7, 11) is 0. The largest absolute Gasteiger partial charge is 0.409 e. The lowest BCUT2D eigenvalue weighted by Crippen LogP contribution is -2.39. The van der Waals surface area contributed by atoms with Crippen molar-refractivity contribution in [2.75, 3.05) is 13.1 Å². The van der Waals surface area contributed by atoms with Crippen molar-refractivity contribution in [2.45, 2.75) is 13.3 Å². The van der Waals surface area contributed by atoms with Crippen molar-refractivity contribution in [3.63, 3.8) is 0 Å². The van der Waals surface area contributed by atoms with Gasteiger partial charge in [0, 0.05) is 6.54 Å². The third kappa shape index (κ3) is 3.69. The smallest absolute Gasteiger partial charge is 0.272 e. The lowest BCUT2D eigenvalue weighted by atomic mass is 10.3. The molecule has 0 fully saturated rings. The number of amidine groups is 1. The Bertz CT molecular complexity index is 433. The standard InChI is InChI=1S/C11H15FN4O2/c1-2-5-16(7-10(13)15-18)11(17)9-4-3-8(12)6-14-9/h3-4,6,18H,2,5,7H2,1H3,(H2,13,15). The van der Waals surface area contributed by atoms with E-state index in [0.29, 0.717) is 13.0 Å². The quantitative estimate of drug-likeness (QED) is 0.352. The van der Waals surface area contributed by atoms with Crippen LogP contribution < -0.4 is 5.73 Å². The number of nitrogens with two attached hydrogens (primary N) is 1. The molecule has 0 atom stereocenters. The Kier molecular flexibility index (Phi) is 5.04. The Morgan fingerprint density at radius 1 is 1.61 bits per heavy atom. The molecule has 1 amide bonds. The van der Waals surface area contributed by atoms with Gasteiger partial charge in [-0.1, -0.05) is 12.1 Å². The fourth-order valence-corrected chi connectivity index (χ4v) is 1.41. The minimum Gasteiger partial charge on any atom is -0.409 e. The summed E-state index contributed by atoms with van der Waals surface area (Å²) in [6, 6.07) is 2.46. The van der Waals surface area contributed by atoms with Crippen molar-refractivity contribution in [3.05, 3.63) is 29.8 Å². The summed E-state index contributed by atoms with van der Waals surface area (Å²) in [6.45, 7) is 2.33. The molecule has 0 unspecified atom stereocenters. The lowest BCUT2D eigenvalue weighted by molar-refractivity contribution is 0.0772. The monoisotopic (exact) mass is 254 g/mol. The first-order valence-corrected chi connectivity index (χ1v) is 5.45. The Labute approximate surface area is 104 Å². The number of rotatable bonds is 5. The Balaban J connectivity index is 2.85. The van der Waals surface area contributed by atoms with Gasteiger partial charge in [-0.2, -0.15) is 0 Å². The summed E-state index contributed by atoms with van der Waals surface area (Å²) < 4.78 is 12.7. The highest BCUT2D eigenvalue weighted by Gasteiger charge is 2.17. The van der Waals surface area contributed by atoms with E-state index in [1.165, 1.54) is 11.0 Å². The van der Waals surface area contributed by atoms with Crippen LogP contribution in [0.25, 0.3) is 0 Å². The molecule has 1 heterocycles. The maximum Gasteiger partial charge on any atom is 0.272 e. The number of hydrogen-bond donors (Lipinski definition) is 2. The second kappa shape index (κ2) is 6.53. The van der Waals surface area contributed by atoms with E-state index in [9.17, 15) is 9.18 Å². The molecule has 6 nitrogen and oxygen atoms in total. The zero-order chi connectivity index (χ0) is 13.5. The molecule has 0 radical (unpaired) electrons. The summed E-state index contributed by atoms with van der Waals surface area (Å²) in [4.78, 5) is 17.1. The minimum atomic E-state index is -0.509. The average Bonchev–Trinajstić information content (AvgIpc) is 2.38. The molecule has 0 bridgehead atoms. The van der Waals surface area contributed by atoms with Crippen molar-refractivity contribution >= 4 is 11.7 Å². The predicted molar refractivity (Wildman–Crippen MR) is 63.8 cm³/mol. The molecule has 0 saturated heterocycles. The van der Waals surface area contributed by atoms with E-state index < -0.39 is 5.82 Å². The van der Waals surface area contributed by atoms with Gasteiger partial charge in [0.25, 0.3) is 5.91 Å². The fraction of sp³-hybridized carbons (Fsp3) is 0.364. The van der Waals surface area contributed by atoms with E-state index in [1.807, 2.05) is 6.92 Å². The second-order valence-electron chi connectivity index (χ2n) is 3.68. The number of halogens is 1. The van der Waals surface area contributed by atoms with Gasteiger partial charge < -0.3 is 15.8 Å². The van der Waals surface area contributed by atoms with E-state index in [2.05, 4.69) is 10.1 Å². The number of aromatic nitrogens is 1. The molecule has 0 aliphatic heterocycles. The van der Waals surface area contributed by atoms with Crippen molar-refractivity contribution in [1.29, 1.82) is 0 Å². The first kappa shape index (κ1) is 13.9. The van der Waals surface area contributed by atoms with Crippen molar-refractivity contribution in [1.82, 2.24) is 9.88 Å². The molecule has 7 heteroatoms. The number of oxime groups is 1. The number of pyridine rings is 1. The number of hydrogen-bond acceptors (Lipinski definition) is 4. The summed E-state index contributed by atoms with van der Waals surface area (Å²) in [5.74, 6) is -0.965. The van der Waals surface area contributed by atoms with Crippen LogP contribution in [0.5, 0.6) is 0 Å². The third-order valence-electron chi connectivity index (χ3n) is 2.21. The predicted octanol–water partition coefficient (Wildman–Crippen LogP) is 0.819. The maximum absolute atomic E-state index is 12.7. The van der Waals surface area contributed by atoms with E-state index in [1.54, 1.807) is 0 Å². The molecule has 3 N–H and O–H groups in total. The minimum absolute atomic E-state index is 0.00221. The van der Waals surface area contributed by atoms with E-state index in [4.69, 9.17) is 10.9 Å². The highest BCUT2D eigenvalue weighted by atomic mass is 19.1. The summed E-state index contributed by atoms with van der Waals surface area (Å²) in [5.41, 5.74) is 5.49. The molecule has 0 saturated carbocycles. The summed E-state index contributed by atoms with van der Waals surface area (Å²) in [6.07, 6.45) is 1.69. The Morgan fingerprint density at radius 3 is 2.83 bits per heavy atom. The van der Waals surface area contributed by atoms with Gasteiger partial charge in [-0.15, -0.1) is 0 Å². The zero-order valence-electron chi connectivity index (χ0n) is 10.0. The highest BCUT2D eigenvalue weighted by Crippen LogP contribution is 2.04. The Morgan fingerprint density at radius 2 is 2.33 bits per heavy atom. The third-order valence-corrected chi connectivity index (χ3v) is 2.21. The number of nitrogens with zero attached hydrogens (tertiary/aromatic N) is 3. The molecular weight excluding hydrogens is 239 g/mol. The van der Waals surface area contributed by atoms with Crippen molar-refractivity contribution < 1.29 is 14.4 Å². The SMILES string of the molecule is CCCN(C/C(N)=N/O)C(=O)c1ccc(F)cn1. The van der Waals surface area contributed by atoms with Crippen LogP contribution in [0, 0.1) is 5.82 Å². The first-order valence-electron chi connectivity index (χ1n) is 5.45. The molecular formula is C11H15FN4O2. The number of amides is 1. The molecule has 1 aromatic rings. The second-order valence-corrected chi connectivity index (χ2v) is 3.68. The van der Waals surface area contributed by atoms with Crippen LogP contribution in [0.3, 0.4) is 0 Å². The van der Waals surface area contributed by atoms with Gasteiger partial charge in [0.2, 0.25) is 0 Å². The van der Waals surface area contributed by atoms with Crippen LogP contribution in [0.15, 0.2) is 23.5 Å². The summed E-state index contributed by atoms with van der Waals surface area (Å²) >= 11 is 0. The zero-order valence-corrected chi connectivity index (χ0v) is 10.0. The van der Waals surface area contributed by atoms with Gasteiger partial charge in [0.15, 0.2) is 5.84 Å².